The minimum Gasteiger partial charge on any atom is -0.479 e. The van der Waals surface area contributed by atoms with Crippen LogP contribution in [0.5, 0.6) is 0 Å². The molecule has 0 aliphatic carbocycles. The molecule has 0 spiro atoms. The molecule has 1 unspecified atom stereocenters. The molecule has 1 rings (SSSR count). The van der Waals surface area contributed by atoms with E-state index in [0.717, 1.165) is 4.47 Å². The number of carbonyl (C=O) groups is 2. The summed E-state index contributed by atoms with van der Waals surface area (Å²) in [7, 11) is 0. The van der Waals surface area contributed by atoms with Crippen molar-refractivity contribution in [3.8, 4) is 0 Å². The third-order valence-corrected chi connectivity index (χ3v) is 3.50. The van der Waals surface area contributed by atoms with Gasteiger partial charge in [0.25, 0.3) is 0 Å². The van der Waals surface area contributed by atoms with E-state index in [-0.39, 0.29) is 5.91 Å². The van der Waals surface area contributed by atoms with Crippen LogP contribution in [0, 0.1) is 0 Å². The van der Waals surface area contributed by atoms with Crippen LogP contribution in [0.3, 0.4) is 0 Å². The Kier molecular flexibility index (Phi) is 5.82. The van der Waals surface area contributed by atoms with Crippen LogP contribution in [-0.4, -0.2) is 28.4 Å². The fourth-order valence-corrected chi connectivity index (χ4v) is 2.47. The number of hydrogen-bond acceptors (Lipinski definition) is 2. The molecular formula is C13H15BrClNO3. The molecule has 1 atom stereocenters. The second-order valence-electron chi connectivity index (χ2n) is 4.12. The van der Waals surface area contributed by atoms with E-state index in [1.54, 1.807) is 18.2 Å². The number of carbonyl (C=O) groups excluding carboxylic acids is 1. The molecule has 0 saturated carbocycles. The number of carboxylic acid groups (broad SMARTS) is 1. The molecule has 1 aromatic rings. The third kappa shape index (κ3) is 3.94. The van der Waals surface area contributed by atoms with Crippen molar-refractivity contribution in [3.63, 3.8) is 0 Å². The number of rotatable bonds is 5. The lowest BCUT2D eigenvalue weighted by molar-refractivity contribution is -0.149. The van der Waals surface area contributed by atoms with Crippen molar-refractivity contribution in [2.24, 2.45) is 0 Å². The number of halogens is 2. The summed E-state index contributed by atoms with van der Waals surface area (Å²) in [6, 6.07) is 3.90. The summed E-state index contributed by atoms with van der Waals surface area (Å²) in [6.45, 7) is 3.62. The van der Waals surface area contributed by atoms with Gasteiger partial charge in [0.2, 0.25) is 5.91 Å². The van der Waals surface area contributed by atoms with Crippen LogP contribution in [0.2, 0.25) is 5.02 Å². The maximum Gasteiger partial charge on any atom is 0.331 e. The molecule has 1 amide bonds. The summed E-state index contributed by atoms with van der Waals surface area (Å²) in [5.41, 5.74) is 0.409. The van der Waals surface area contributed by atoms with Crippen LogP contribution >= 0.6 is 27.5 Å². The lowest BCUT2D eigenvalue weighted by Gasteiger charge is -2.28. The number of aliphatic carboxylic acids is 1. The standard InChI is InChI=1S/C13H15BrClNO3/c1-3-6-16(8(2)17)12(13(18)19)10-7-9(14)4-5-11(10)15/h4-5,7,12H,3,6H2,1-2H3,(H,18,19). The maximum absolute atomic E-state index is 11.7. The van der Waals surface area contributed by atoms with Crippen LogP contribution in [0.25, 0.3) is 0 Å². The van der Waals surface area contributed by atoms with Gasteiger partial charge >= 0.3 is 5.97 Å². The Labute approximate surface area is 125 Å². The van der Waals surface area contributed by atoms with E-state index in [1.807, 2.05) is 6.92 Å². The van der Waals surface area contributed by atoms with Gasteiger partial charge < -0.3 is 10.0 Å². The van der Waals surface area contributed by atoms with E-state index < -0.39 is 12.0 Å². The average molecular weight is 349 g/mol. The molecule has 0 fully saturated rings. The summed E-state index contributed by atoms with van der Waals surface area (Å²) in [4.78, 5) is 24.5. The van der Waals surface area contributed by atoms with Crippen LogP contribution in [0.15, 0.2) is 22.7 Å². The van der Waals surface area contributed by atoms with Crippen molar-refractivity contribution in [1.29, 1.82) is 0 Å². The van der Waals surface area contributed by atoms with Gasteiger partial charge in [-0.25, -0.2) is 4.79 Å². The molecule has 0 heterocycles. The number of nitrogens with zero attached hydrogens (tertiary/aromatic N) is 1. The zero-order chi connectivity index (χ0) is 14.6. The van der Waals surface area contributed by atoms with Gasteiger partial charge in [-0.3, -0.25) is 4.79 Å². The Hall–Kier alpha value is -1.07. The van der Waals surface area contributed by atoms with Gasteiger partial charge in [0.15, 0.2) is 6.04 Å². The number of benzene rings is 1. The van der Waals surface area contributed by atoms with Gasteiger partial charge in [0.1, 0.15) is 0 Å². The van der Waals surface area contributed by atoms with Crippen LogP contribution in [0.1, 0.15) is 31.9 Å². The van der Waals surface area contributed by atoms with E-state index in [2.05, 4.69) is 15.9 Å². The molecule has 0 bridgehead atoms. The molecule has 104 valence electrons. The summed E-state index contributed by atoms with van der Waals surface area (Å²) < 4.78 is 0.721. The Balaban J connectivity index is 3.29. The summed E-state index contributed by atoms with van der Waals surface area (Å²) >= 11 is 9.35. The molecular weight excluding hydrogens is 334 g/mol. The molecule has 0 saturated heterocycles. The number of amides is 1. The fourth-order valence-electron chi connectivity index (χ4n) is 1.87. The van der Waals surface area contributed by atoms with Crippen LogP contribution in [0.4, 0.5) is 0 Å². The van der Waals surface area contributed by atoms with Crippen molar-refractivity contribution in [2.45, 2.75) is 26.3 Å². The first-order valence-electron chi connectivity index (χ1n) is 5.83. The minimum absolute atomic E-state index is 0.287. The monoisotopic (exact) mass is 347 g/mol. The largest absolute Gasteiger partial charge is 0.479 e. The smallest absolute Gasteiger partial charge is 0.331 e. The van der Waals surface area contributed by atoms with E-state index in [1.165, 1.54) is 11.8 Å². The highest BCUT2D eigenvalue weighted by Crippen LogP contribution is 2.30. The van der Waals surface area contributed by atoms with Crippen molar-refractivity contribution >= 4 is 39.4 Å². The van der Waals surface area contributed by atoms with E-state index in [9.17, 15) is 14.7 Å². The fraction of sp³-hybridized carbons (Fsp3) is 0.385. The Bertz CT molecular complexity index is 493. The molecule has 0 aliphatic heterocycles. The minimum atomic E-state index is -1.09. The zero-order valence-electron chi connectivity index (χ0n) is 10.7. The van der Waals surface area contributed by atoms with Crippen molar-refractivity contribution in [2.75, 3.05) is 6.54 Å². The molecule has 1 aromatic carbocycles. The maximum atomic E-state index is 11.7. The second-order valence-corrected chi connectivity index (χ2v) is 5.44. The van der Waals surface area contributed by atoms with Gasteiger partial charge in [-0.15, -0.1) is 0 Å². The summed E-state index contributed by atoms with van der Waals surface area (Å²) in [5, 5.41) is 9.75. The average Bonchev–Trinajstić information content (AvgIpc) is 2.32. The SMILES string of the molecule is CCCN(C(C)=O)C(C(=O)O)c1cc(Br)ccc1Cl. The first-order chi connectivity index (χ1) is 8.88. The Morgan fingerprint density at radius 3 is 2.58 bits per heavy atom. The first kappa shape index (κ1) is 16.0. The van der Waals surface area contributed by atoms with Crippen molar-refractivity contribution < 1.29 is 14.7 Å². The quantitative estimate of drug-likeness (QED) is 0.886. The first-order valence-corrected chi connectivity index (χ1v) is 7.00. The molecule has 4 nitrogen and oxygen atoms in total. The van der Waals surface area contributed by atoms with E-state index >= 15 is 0 Å². The van der Waals surface area contributed by atoms with Gasteiger partial charge in [0, 0.05) is 28.5 Å². The zero-order valence-corrected chi connectivity index (χ0v) is 13.0. The van der Waals surface area contributed by atoms with Crippen molar-refractivity contribution in [1.82, 2.24) is 4.90 Å². The molecule has 0 radical (unpaired) electrons. The Morgan fingerprint density at radius 1 is 1.47 bits per heavy atom. The molecule has 0 aromatic heterocycles. The summed E-state index contributed by atoms with van der Waals surface area (Å²) in [6.07, 6.45) is 0.676. The normalized spacial score (nSPS) is 12.0. The highest BCUT2D eigenvalue weighted by Gasteiger charge is 2.30. The lowest BCUT2D eigenvalue weighted by Crippen LogP contribution is -2.38. The molecule has 6 heteroatoms. The number of hydrogen-bond donors (Lipinski definition) is 1. The van der Waals surface area contributed by atoms with E-state index in [0.29, 0.717) is 23.6 Å². The summed E-state index contributed by atoms with van der Waals surface area (Å²) in [5.74, 6) is -1.38. The van der Waals surface area contributed by atoms with Crippen LogP contribution < -0.4 is 0 Å². The third-order valence-electron chi connectivity index (χ3n) is 2.67. The molecule has 19 heavy (non-hydrogen) atoms. The van der Waals surface area contributed by atoms with Gasteiger partial charge in [-0.1, -0.05) is 34.5 Å². The lowest BCUT2D eigenvalue weighted by atomic mass is 10.0. The van der Waals surface area contributed by atoms with Crippen molar-refractivity contribution in [3.05, 3.63) is 33.3 Å². The predicted molar refractivity (Wildman–Crippen MR) is 77.2 cm³/mol. The Morgan fingerprint density at radius 2 is 2.11 bits per heavy atom. The topological polar surface area (TPSA) is 57.6 Å². The van der Waals surface area contributed by atoms with E-state index in [4.69, 9.17) is 11.6 Å². The molecule has 0 aliphatic rings. The highest BCUT2D eigenvalue weighted by atomic mass is 79.9. The second kappa shape index (κ2) is 6.91. The predicted octanol–water partition coefficient (Wildman–Crippen LogP) is 3.49. The van der Waals surface area contributed by atoms with Gasteiger partial charge in [-0.05, 0) is 24.6 Å². The van der Waals surface area contributed by atoms with Crippen LogP contribution in [-0.2, 0) is 9.59 Å². The van der Waals surface area contributed by atoms with Gasteiger partial charge in [0.05, 0.1) is 0 Å². The number of carboxylic acids is 1. The molecule has 1 N–H and O–H groups in total. The highest BCUT2D eigenvalue weighted by molar-refractivity contribution is 9.10. The van der Waals surface area contributed by atoms with Gasteiger partial charge in [-0.2, -0.15) is 0 Å².